The number of carbonyl (C=O) groups excluding carboxylic acids is 1. The normalized spacial score (nSPS) is 11.8. The summed E-state index contributed by atoms with van der Waals surface area (Å²) in [6.07, 6.45) is 0. The summed E-state index contributed by atoms with van der Waals surface area (Å²) in [4.78, 5) is 9.83. The van der Waals surface area contributed by atoms with Gasteiger partial charge in [-0.1, -0.05) is 0 Å². The third-order valence-corrected chi connectivity index (χ3v) is 1.50. The molecule has 0 aliphatic rings. The van der Waals surface area contributed by atoms with Gasteiger partial charge in [0.2, 0.25) is 0 Å². The fourth-order valence-corrected chi connectivity index (χ4v) is 0.945. The first-order chi connectivity index (χ1) is 4.57. The van der Waals surface area contributed by atoms with E-state index >= 15 is 0 Å². The molecule has 0 saturated heterocycles. The van der Waals surface area contributed by atoms with Gasteiger partial charge in [0.25, 0.3) is 0 Å². The van der Waals surface area contributed by atoms with Crippen LogP contribution >= 0.6 is 12.9 Å². The van der Waals surface area contributed by atoms with Crippen LogP contribution in [0.15, 0.2) is 0 Å². The molecule has 4 N–H and O–H groups in total. The zero-order valence-corrected chi connectivity index (χ0v) is 7.64. The molecule has 0 saturated carbocycles. The molecule has 0 aromatic carbocycles. The molecule has 0 amide bonds. The molecule has 5 nitrogen and oxygen atoms in total. The van der Waals surface area contributed by atoms with Crippen LogP contribution in [-0.4, -0.2) is 32.9 Å². The van der Waals surface area contributed by atoms with Gasteiger partial charge in [-0.05, 0) is 0 Å². The van der Waals surface area contributed by atoms with Crippen molar-refractivity contribution in [1.29, 1.82) is 5.41 Å². The van der Waals surface area contributed by atoms with Crippen LogP contribution in [-0.2, 0) is 8.98 Å². The second-order valence-electron chi connectivity index (χ2n) is 1.37. The molecule has 0 spiro atoms. The van der Waals surface area contributed by atoms with E-state index in [-0.39, 0.29) is 5.96 Å². The van der Waals surface area contributed by atoms with Crippen molar-refractivity contribution in [3.05, 3.63) is 0 Å². The van der Waals surface area contributed by atoms with Crippen molar-refractivity contribution in [2.75, 3.05) is 0 Å². The number of guanidine groups is 1. The van der Waals surface area contributed by atoms with E-state index in [1.807, 2.05) is 16.0 Å². The Hall–Kier alpha value is -0.391. The summed E-state index contributed by atoms with van der Waals surface area (Å²) in [6, 6.07) is 0. The first-order valence-electron chi connectivity index (χ1n) is 2.22. The molecule has 0 aliphatic heterocycles. The van der Waals surface area contributed by atoms with E-state index in [1.165, 1.54) is 0 Å². The maximum atomic E-state index is 10.5. The summed E-state index contributed by atoms with van der Waals surface area (Å²) in [5, 5.41) is 9.02. The number of hydrogen-bond donors (Lipinski definition) is 4. The molecule has 7 heteroatoms. The van der Waals surface area contributed by atoms with Crippen molar-refractivity contribution in [2.24, 2.45) is 5.73 Å². The van der Waals surface area contributed by atoms with E-state index in [2.05, 4.69) is 22.4 Å². The Morgan fingerprint density at radius 1 is 1.90 bits per heavy atom. The van der Waals surface area contributed by atoms with Crippen LogP contribution in [0.1, 0.15) is 0 Å². The summed E-state index contributed by atoms with van der Waals surface area (Å²) in [5.41, 5.74) is 4.92. The standard InChI is InChI=1S/C3H7N3O2SSe/c4-3(5)6-1(10)2(7)8-9/h1,9-10H,(H4,4,5,6). The van der Waals surface area contributed by atoms with Gasteiger partial charge in [0.15, 0.2) is 0 Å². The van der Waals surface area contributed by atoms with Crippen LogP contribution in [0.5, 0.6) is 0 Å². The van der Waals surface area contributed by atoms with Gasteiger partial charge in [-0.25, -0.2) is 0 Å². The summed E-state index contributed by atoms with van der Waals surface area (Å²) < 4.78 is 4.04. The average Bonchev–Trinajstić information content (AvgIpc) is 1.85. The van der Waals surface area contributed by atoms with Gasteiger partial charge in [-0.3, -0.25) is 0 Å². The SMILES string of the molecule is N=C(N)NC([SeH])C(=O)OS. The molecular formula is C3H7N3O2SSe. The van der Waals surface area contributed by atoms with Crippen molar-refractivity contribution in [1.82, 2.24) is 5.32 Å². The summed E-state index contributed by atoms with van der Waals surface area (Å²) in [5.74, 6) is -0.886. The summed E-state index contributed by atoms with van der Waals surface area (Å²) >= 11 is 5.23. The van der Waals surface area contributed by atoms with Gasteiger partial charge in [0.1, 0.15) is 0 Å². The topological polar surface area (TPSA) is 88.2 Å². The molecule has 0 aliphatic carbocycles. The molecule has 0 aromatic rings. The third-order valence-electron chi connectivity index (χ3n) is 0.605. The molecule has 0 rings (SSSR count). The van der Waals surface area contributed by atoms with Gasteiger partial charge in [-0.2, -0.15) is 0 Å². The number of nitrogens with two attached hydrogens (primary N) is 1. The molecule has 10 heavy (non-hydrogen) atoms. The predicted octanol–water partition coefficient (Wildman–Crippen LogP) is -1.92. The van der Waals surface area contributed by atoms with E-state index in [1.54, 1.807) is 0 Å². The number of hydrogen-bond acceptors (Lipinski definition) is 4. The van der Waals surface area contributed by atoms with E-state index < -0.39 is 10.9 Å². The number of thiol groups is 1. The van der Waals surface area contributed by atoms with Gasteiger partial charge < -0.3 is 0 Å². The number of carbonyl (C=O) groups is 1. The van der Waals surface area contributed by atoms with E-state index in [4.69, 9.17) is 11.1 Å². The van der Waals surface area contributed by atoms with Gasteiger partial charge >= 0.3 is 71.2 Å². The van der Waals surface area contributed by atoms with Gasteiger partial charge in [-0.15, -0.1) is 0 Å². The van der Waals surface area contributed by atoms with Crippen LogP contribution in [0.2, 0.25) is 0 Å². The number of rotatable bonds is 2. The molecule has 1 atom stereocenters. The summed E-state index contributed by atoms with van der Waals surface area (Å²) in [6.45, 7) is 0. The first-order valence-corrected chi connectivity index (χ1v) is 3.66. The van der Waals surface area contributed by atoms with Crippen molar-refractivity contribution in [3.63, 3.8) is 0 Å². The molecule has 0 fully saturated rings. The van der Waals surface area contributed by atoms with Crippen molar-refractivity contribution in [2.45, 2.75) is 4.94 Å². The van der Waals surface area contributed by atoms with Crippen molar-refractivity contribution < 1.29 is 8.98 Å². The first kappa shape index (κ1) is 9.61. The van der Waals surface area contributed by atoms with Crippen LogP contribution in [0, 0.1) is 5.41 Å². The van der Waals surface area contributed by atoms with Gasteiger partial charge in [0, 0.05) is 0 Å². The van der Waals surface area contributed by atoms with E-state index in [9.17, 15) is 4.79 Å². The zero-order chi connectivity index (χ0) is 8.15. The van der Waals surface area contributed by atoms with Crippen molar-refractivity contribution >= 4 is 40.9 Å². The maximum absolute atomic E-state index is 10.5. The molecule has 1 unspecified atom stereocenters. The zero-order valence-electron chi connectivity index (χ0n) is 4.87. The Morgan fingerprint density at radius 3 is 2.70 bits per heavy atom. The second-order valence-corrected chi connectivity index (χ2v) is 2.64. The fraction of sp³-hybridized carbons (Fsp3) is 0.333. The fourth-order valence-electron chi connectivity index (χ4n) is 0.256. The minimum atomic E-state index is -0.692. The van der Waals surface area contributed by atoms with Crippen LogP contribution < -0.4 is 11.1 Å². The third kappa shape index (κ3) is 3.60. The molecule has 0 aromatic heterocycles. The molecule has 58 valence electrons. The predicted molar refractivity (Wildman–Crippen MR) is 41.1 cm³/mol. The molecular weight excluding hydrogens is 221 g/mol. The van der Waals surface area contributed by atoms with Crippen molar-refractivity contribution in [3.8, 4) is 0 Å². The minimum absolute atomic E-state index is 0.288. The van der Waals surface area contributed by atoms with E-state index in [0.717, 1.165) is 0 Å². The Labute approximate surface area is 71.6 Å². The van der Waals surface area contributed by atoms with E-state index in [0.29, 0.717) is 0 Å². The van der Waals surface area contributed by atoms with Crippen LogP contribution in [0.3, 0.4) is 0 Å². The van der Waals surface area contributed by atoms with Crippen LogP contribution in [0.4, 0.5) is 0 Å². The van der Waals surface area contributed by atoms with Gasteiger partial charge in [0.05, 0.1) is 0 Å². The molecule has 0 bridgehead atoms. The Morgan fingerprint density at radius 2 is 2.40 bits per heavy atom. The number of nitrogens with one attached hydrogen (secondary N) is 2. The Kier molecular flexibility index (Phi) is 4.26. The Bertz CT molecular complexity index is 153. The molecule has 0 radical (unpaired) electrons. The second kappa shape index (κ2) is 4.43. The quantitative estimate of drug-likeness (QED) is 0.146. The monoisotopic (exact) mass is 229 g/mol. The molecule has 0 heterocycles. The average molecular weight is 228 g/mol. The summed E-state index contributed by atoms with van der Waals surface area (Å²) in [7, 11) is 0. The van der Waals surface area contributed by atoms with Crippen LogP contribution in [0.25, 0.3) is 0 Å². The Balaban J connectivity index is 3.72.